The molecule has 1 aromatic rings. The topological polar surface area (TPSA) is 98.7 Å². The lowest BCUT2D eigenvalue weighted by Gasteiger charge is -2.09. The molecule has 0 atom stereocenters. The number of aromatic carboxylic acids is 1. The Morgan fingerprint density at radius 1 is 1.29 bits per heavy atom. The minimum atomic E-state index is -1.25. The second kappa shape index (κ2) is 6.78. The first-order valence-corrected chi connectivity index (χ1v) is 6.85. The predicted molar refractivity (Wildman–Crippen MR) is 78.6 cm³/mol. The van der Waals surface area contributed by atoms with E-state index in [1.165, 1.54) is 30.2 Å². The Labute approximate surface area is 122 Å². The van der Waals surface area contributed by atoms with E-state index in [1.54, 1.807) is 0 Å². The molecule has 112 valence electrons. The molecule has 1 aromatic carbocycles. The number of carboxylic acid groups (broad SMARTS) is 1. The molecular formula is C15H18N2O4. The Morgan fingerprint density at radius 2 is 2.10 bits per heavy atom. The van der Waals surface area contributed by atoms with Crippen molar-refractivity contribution in [2.45, 2.75) is 25.7 Å². The van der Waals surface area contributed by atoms with Crippen LogP contribution in [0, 0.1) is 0 Å². The summed E-state index contributed by atoms with van der Waals surface area (Å²) in [6.45, 7) is 0.543. The van der Waals surface area contributed by atoms with Crippen LogP contribution in [0.4, 0.5) is 10.5 Å². The quantitative estimate of drug-likeness (QED) is 0.495. The van der Waals surface area contributed by atoms with Crippen LogP contribution in [0.15, 0.2) is 29.8 Å². The van der Waals surface area contributed by atoms with E-state index >= 15 is 0 Å². The summed E-state index contributed by atoms with van der Waals surface area (Å²) in [6, 6.07) is 3.51. The van der Waals surface area contributed by atoms with Gasteiger partial charge < -0.3 is 20.8 Å². The number of allylic oxidation sites excluding steroid dienone is 1. The Balaban J connectivity index is 1.84. The van der Waals surface area contributed by atoms with E-state index < -0.39 is 12.0 Å². The van der Waals surface area contributed by atoms with Crippen molar-refractivity contribution in [2.75, 3.05) is 11.9 Å². The molecule has 1 aliphatic rings. The van der Waals surface area contributed by atoms with Gasteiger partial charge in [0.15, 0.2) is 0 Å². The van der Waals surface area contributed by atoms with Crippen molar-refractivity contribution < 1.29 is 19.8 Å². The summed E-state index contributed by atoms with van der Waals surface area (Å²) in [5, 5.41) is 23.5. The van der Waals surface area contributed by atoms with Crippen LogP contribution in [0.5, 0.6) is 5.75 Å². The Morgan fingerprint density at radius 3 is 2.76 bits per heavy atom. The maximum Gasteiger partial charge on any atom is 0.339 e. The van der Waals surface area contributed by atoms with Crippen molar-refractivity contribution in [3.8, 4) is 5.75 Å². The van der Waals surface area contributed by atoms with Gasteiger partial charge in [-0.25, -0.2) is 9.59 Å². The highest BCUT2D eigenvalue weighted by molar-refractivity contribution is 5.95. The fourth-order valence-electron chi connectivity index (χ4n) is 2.26. The summed E-state index contributed by atoms with van der Waals surface area (Å²) in [7, 11) is 0. The van der Waals surface area contributed by atoms with Gasteiger partial charge in [-0.1, -0.05) is 11.6 Å². The number of amides is 2. The number of aromatic hydroxyl groups is 1. The van der Waals surface area contributed by atoms with E-state index in [1.807, 2.05) is 0 Å². The normalized spacial score (nSPS) is 13.6. The average molecular weight is 290 g/mol. The molecule has 2 rings (SSSR count). The van der Waals surface area contributed by atoms with Gasteiger partial charge in [-0.2, -0.15) is 0 Å². The molecule has 0 aromatic heterocycles. The second-order valence-corrected chi connectivity index (χ2v) is 4.92. The molecule has 0 radical (unpaired) electrons. The molecule has 2 amide bonds. The molecule has 1 aliphatic carbocycles. The molecule has 6 heteroatoms. The van der Waals surface area contributed by atoms with Gasteiger partial charge >= 0.3 is 12.0 Å². The SMILES string of the molecule is O=C(NCCC1=CCCC1)Nc1ccc(O)c(C(=O)O)c1. The molecule has 0 unspecified atom stereocenters. The smallest absolute Gasteiger partial charge is 0.339 e. The average Bonchev–Trinajstić information content (AvgIpc) is 2.94. The number of rotatable bonds is 5. The van der Waals surface area contributed by atoms with Gasteiger partial charge in [-0.05, 0) is 43.9 Å². The third-order valence-corrected chi connectivity index (χ3v) is 3.35. The minimum Gasteiger partial charge on any atom is -0.507 e. The van der Waals surface area contributed by atoms with E-state index in [9.17, 15) is 14.7 Å². The monoisotopic (exact) mass is 290 g/mol. The maximum atomic E-state index is 11.7. The summed E-state index contributed by atoms with van der Waals surface area (Å²) in [5.74, 6) is -1.58. The minimum absolute atomic E-state index is 0.246. The van der Waals surface area contributed by atoms with E-state index in [-0.39, 0.29) is 11.3 Å². The lowest BCUT2D eigenvalue weighted by atomic mass is 10.1. The zero-order valence-electron chi connectivity index (χ0n) is 11.6. The van der Waals surface area contributed by atoms with Gasteiger partial charge in [0, 0.05) is 12.2 Å². The molecule has 0 saturated heterocycles. The number of nitrogens with one attached hydrogen (secondary N) is 2. The van der Waals surface area contributed by atoms with E-state index in [4.69, 9.17) is 5.11 Å². The highest BCUT2D eigenvalue weighted by Gasteiger charge is 2.11. The zero-order chi connectivity index (χ0) is 15.2. The molecule has 6 nitrogen and oxygen atoms in total. The summed E-state index contributed by atoms with van der Waals surface area (Å²) >= 11 is 0. The zero-order valence-corrected chi connectivity index (χ0v) is 11.6. The third-order valence-electron chi connectivity index (χ3n) is 3.35. The van der Waals surface area contributed by atoms with Crippen LogP contribution in [0.1, 0.15) is 36.0 Å². The van der Waals surface area contributed by atoms with Gasteiger partial charge in [0.2, 0.25) is 0 Å². The number of phenols is 1. The van der Waals surface area contributed by atoms with Crippen molar-refractivity contribution >= 4 is 17.7 Å². The van der Waals surface area contributed by atoms with Gasteiger partial charge in [0.1, 0.15) is 11.3 Å². The lowest BCUT2D eigenvalue weighted by molar-refractivity contribution is 0.0693. The number of urea groups is 1. The summed E-state index contributed by atoms with van der Waals surface area (Å²) in [6.07, 6.45) is 6.45. The first-order chi connectivity index (χ1) is 10.1. The Kier molecular flexibility index (Phi) is 4.81. The van der Waals surface area contributed by atoms with Crippen molar-refractivity contribution in [1.82, 2.24) is 5.32 Å². The van der Waals surface area contributed by atoms with Gasteiger partial charge in [-0.3, -0.25) is 0 Å². The Bertz CT molecular complexity index is 581. The standard InChI is InChI=1S/C15H18N2O4/c18-13-6-5-11(9-12(13)14(19)20)17-15(21)16-8-7-10-3-1-2-4-10/h3,5-6,9,18H,1-2,4,7-8H2,(H,19,20)(H2,16,17,21). The number of hydrogen-bond acceptors (Lipinski definition) is 3. The number of benzene rings is 1. The highest BCUT2D eigenvalue weighted by Crippen LogP contribution is 2.21. The van der Waals surface area contributed by atoms with Crippen molar-refractivity contribution in [2.24, 2.45) is 0 Å². The lowest BCUT2D eigenvalue weighted by Crippen LogP contribution is -2.29. The van der Waals surface area contributed by atoms with E-state index in [0.29, 0.717) is 12.2 Å². The molecule has 0 saturated carbocycles. The van der Waals surface area contributed by atoms with Crippen LogP contribution in [-0.2, 0) is 0 Å². The maximum absolute atomic E-state index is 11.7. The Hall–Kier alpha value is -2.50. The molecule has 0 bridgehead atoms. The van der Waals surface area contributed by atoms with E-state index in [2.05, 4.69) is 16.7 Å². The van der Waals surface area contributed by atoms with Crippen molar-refractivity contribution in [3.05, 3.63) is 35.4 Å². The predicted octanol–water partition coefficient (Wildman–Crippen LogP) is 2.71. The molecule has 0 aliphatic heterocycles. The number of anilines is 1. The summed E-state index contributed by atoms with van der Waals surface area (Å²) in [5.41, 5.74) is 1.44. The molecule has 0 fully saturated rings. The van der Waals surface area contributed by atoms with Crippen LogP contribution in [0.3, 0.4) is 0 Å². The van der Waals surface area contributed by atoms with Crippen molar-refractivity contribution in [1.29, 1.82) is 0 Å². The molecule has 4 N–H and O–H groups in total. The van der Waals surface area contributed by atoms with Crippen LogP contribution >= 0.6 is 0 Å². The molecule has 21 heavy (non-hydrogen) atoms. The molecule has 0 spiro atoms. The first kappa shape index (κ1) is 14.9. The molecule has 0 heterocycles. The van der Waals surface area contributed by atoms with Crippen molar-refractivity contribution in [3.63, 3.8) is 0 Å². The summed E-state index contributed by atoms with van der Waals surface area (Å²) in [4.78, 5) is 22.6. The van der Waals surface area contributed by atoms with Crippen LogP contribution < -0.4 is 10.6 Å². The van der Waals surface area contributed by atoms with Crippen LogP contribution in [-0.4, -0.2) is 28.8 Å². The number of carbonyl (C=O) groups is 2. The highest BCUT2D eigenvalue weighted by atomic mass is 16.4. The number of hydrogen-bond donors (Lipinski definition) is 4. The fourth-order valence-corrected chi connectivity index (χ4v) is 2.26. The van der Waals surface area contributed by atoms with Crippen LogP contribution in [0.2, 0.25) is 0 Å². The van der Waals surface area contributed by atoms with Crippen LogP contribution in [0.25, 0.3) is 0 Å². The number of carboxylic acids is 1. The van der Waals surface area contributed by atoms with E-state index in [0.717, 1.165) is 19.3 Å². The first-order valence-electron chi connectivity index (χ1n) is 6.85. The van der Waals surface area contributed by atoms with Gasteiger partial charge in [0.25, 0.3) is 0 Å². The van der Waals surface area contributed by atoms with Gasteiger partial charge in [-0.15, -0.1) is 0 Å². The number of carbonyl (C=O) groups excluding carboxylic acids is 1. The largest absolute Gasteiger partial charge is 0.507 e. The third kappa shape index (κ3) is 4.24. The fraction of sp³-hybridized carbons (Fsp3) is 0.333. The summed E-state index contributed by atoms with van der Waals surface area (Å²) < 4.78 is 0. The molecular weight excluding hydrogens is 272 g/mol. The van der Waals surface area contributed by atoms with Gasteiger partial charge in [0.05, 0.1) is 0 Å². The second-order valence-electron chi connectivity index (χ2n) is 4.92.